The minimum Gasteiger partial charge on any atom is -0.379 e. The lowest BCUT2D eigenvalue weighted by Crippen LogP contribution is -2.52. The van der Waals surface area contributed by atoms with Crippen LogP contribution in [0.4, 0.5) is 0 Å². The maximum absolute atomic E-state index is 5.50. The molecule has 0 spiro atoms. The van der Waals surface area contributed by atoms with Gasteiger partial charge in [0.25, 0.3) is 0 Å². The van der Waals surface area contributed by atoms with Gasteiger partial charge in [-0.2, -0.15) is 0 Å². The Bertz CT molecular complexity index is 727. The number of thiazole rings is 1. The van der Waals surface area contributed by atoms with Gasteiger partial charge < -0.3 is 15.4 Å². The molecule has 8 heteroatoms. The first kappa shape index (κ1) is 24.3. The Balaban J connectivity index is 0.00000300. The molecule has 0 amide bonds. The van der Waals surface area contributed by atoms with Crippen LogP contribution in [-0.4, -0.2) is 68.3 Å². The van der Waals surface area contributed by atoms with E-state index in [2.05, 4.69) is 52.6 Å². The molecule has 29 heavy (non-hydrogen) atoms. The predicted octanol–water partition coefficient (Wildman–Crippen LogP) is 3.37. The molecule has 1 atom stereocenters. The molecule has 2 N–H and O–H groups in total. The predicted molar refractivity (Wildman–Crippen MR) is 134 cm³/mol. The first-order valence-electron chi connectivity index (χ1n) is 10.3. The number of aryl methyl sites for hydroxylation is 1. The molecule has 1 aliphatic heterocycles. The van der Waals surface area contributed by atoms with Crippen LogP contribution < -0.4 is 10.6 Å². The molecule has 1 fully saturated rings. The fourth-order valence-electron chi connectivity index (χ4n) is 3.59. The van der Waals surface area contributed by atoms with Crippen molar-refractivity contribution in [2.24, 2.45) is 10.9 Å². The van der Waals surface area contributed by atoms with Crippen LogP contribution in [0.1, 0.15) is 25.3 Å². The van der Waals surface area contributed by atoms with Gasteiger partial charge in [-0.1, -0.05) is 26.0 Å². The molecule has 0 radical (unpaired) electrons. The topological polar surface area (TPSA) is 61.8 Å². The van der Waals surface area contributed by atoms with Crippen LogP contribution in [0.5, 0.6) is 0 Å². The van der Waals surface area contributed by atoms with E-state index in [0.29, 0.717) is 12.0 Å². The van der Waals surface area contributed by atoms with Crippen molar-refractivity contribution in [3.8, 4) is 0 Å². The third-order valence-corrected chi connectivity index (χ3v) is 6.28. The minimum absolute atomic E-state index is 0. The number of aromatic nitrogens is 1. The van der Waals surface area contributed by atoms with Gasteiger partial charge in [0.2, 0.25) is 0 Å². The van der Waals surface area contributed by atoms with E-state index < -0.39 is 0 Å². The molecule has 2 aromatic rings. The van der Waals surface area contributed by atoms with Crippen LogP contribution in [0.2, 0.25) is 0 Å². The number of fused-ring (bicyclic) bond motifs is 1. The van der Waals surface area contributed by atoms with Crippen molar-refractivity contribution in [1.29, 1.82) is 0 Å². The highest BCUT2D eigenvalue weighted by Crippen LogP contribution is 2.22. The molecule has 0 saturated carbocycles. The Morgan fingerprint density at radius 2 is 2.00 bits per heavy atom. The fourth-order valence-corrected chi connectivity index (χ4v) is 4.60. The molecular formula is C21H34IN5OS. The molecule has 1 aromatic heterocycles. The number of rotatable bonds is 8. The number of morpholine rings is 1. The number of hydrogen-bond donors (Lipinski definition) is 2. The van der Waals surface area contributed by atoms with E-state index in [-0.39, 0.29) is 24.0 Å². The van der Waals surface area contributed by atoms with Gasteiger partial charge in [0.1, 0.15) is 0 Å². The van der Waals surface area contributed by atoms with E-state index in [4.69, 9.17) is 9.72 Å². The van der Waals surface area contributed by atoms with Gasteiger partial charge in [0, 0.05) is 45.7 Å². The number of hydrogen-bond acceptors (Lipinski definition) is 5. The summed E-state index contributed by atoms with van der Waals surface area (Å²) in [7, 11) is 1.84. The summed E-state index contributed by atoms with van der Waals surface area (Å²) in [6.45, 7) is 10.1. The first-order chi connectivity index (χ1) is 13.7. The number of ether oxygens (including phenoxy) is 1. The lowest BCUT2D eigenvalue weighted by atomic mass is 10.0. The van der Waals surface area contributed by atoms with E-state index in [0.717, 1.165) is 63.7 Å². The van der Waals surface area contributed by atoms with Crippen LogP contribution in [0.25, 0.3) is 10.2 Å². The third kappa shape index (κ3) is 7.34. The van der Waals surface area contributed by atoms with Crippen molar-refractivity contribution in [2.75, 3.05) is 46.4 Å². The molecule has 6 nitrogen and oxygen atoms in total. The third-order valence-electron chi connectivity index (χ3n) is 5.18. The lowest BCUT2D eigenvalue weighted by Gasteiger charge is -2.37. The molecule has 0 aliphatic carbocycles. The highest BCUT2D eigenvalue weighted by atomic mass is 127. The Morgan fingerprint density at radius 3 is 2.69 bits per heavy atom. The number of halogens is 1. The summed E-state index contributed by atoms with van der Waals surface area (Å²) in [5.41, 5.74) is 1.11. The zero-order chi connectivity index (χ0) is 19.8. The highest BCUT2D eigenvalue weighted by Gasteiger charge is 2.23. The zero-order valence-electron chi connectivity index (χ0n) is 17.7. The van der Waals surface area contributed by atoms with Crippen LogP contribution >= 0.6 is 35.3 Å². The van der Waals surface area contributed by atoms with Crippen molar-refractivity contribution in [2.45, 2.75) is 32.7 Å². The maximum Gasteiger partial charge on any atom is 0.191 e. The highest BCUT2D eigenvalue weighted by molar-refractivity contribution is 14.0. The Hall–Kier alpha value is -0.970. The number of aliphatic imine (C=N–C) groups is 1. The maximum atomic E-state index is 5.50. The van der Waals surface area contributed by atoms with Crippen LogP contribution in [0.15, 0.2) is 29.3 Å². The number of nitrogens with zero attached hydrogens (tertiary/aromatic N) is 3. The van der Waals surface area contributed by atoms with Crippen molar-refractivity contribution in [3.63, 3.8) is 0 Å². The normalized spacial score (nSPS) is 16.6. The van der Waals surface area contributed by atoms with E-state index >= 15 is 0 Å². The Labute approximate surface area is 195 Å². The number of benzene rings is 1. The van der Waals surface area contributed by atoms with Crippen molar-refractivity contribution in [3.05, 3.63) is 29.3 Å². The van der Waals surface area contributed by atoms with Crippen molar-refractivity contribution < 1.29 is 4.74 Å². The number of guanidine groups is 1. The summed E-state index contributed by atoms with van der Waals surface area (Å²) in [6.07, 6.45) is 2.03. The molecule has 162 valence electrons. The van der Waals surface area contributed by atoms with E-state index in [9.17, 15) is 0 Å². The molecule has 2 heterocycles. The van der Waals surface area contributed by atoms with Crippen LogP contribution in [0.3, 0.4) is 0 Å². The molecule has 1 unspecified atom stereocenters. The van der Waals surface area contributed by atoms with Gasteiger partial charge in [0.05, 0.1) is 28.4 Å². The second-order valence-corrected chi connectivity index (χ2v) is 8.63. The summed E-state index contributed by atoms with van der Waals surface area (Å²) < 4.78 is 6.76. The van der Waals surface area contributed by atoms with Gasteiger partial charge in [-0.15, -0.1) is 35.3 Å². The molecule has 1 aliphatic rings. The van der Waals surface area contributed by atoms with E-state index in [1.165, 1.54) is 9.71 Å². The summed E-state index contributed by atoms with van der Waals surface area (Å²) in [5.74, 6) is 1.46. The van der Waals surface area contributed by atoms with Crippen LogP contribution in [0, 0.1) is 5.92 Å². The Kier molecular flexibility index (Phi) is 10.6. The summed E-state index contributed by atoms with van der Waals surface area (Å²) >= 11 is 1.79. The molecule has 1 saturated heterocycles. The minimum atomic E-state index is 0. The molecular weight excluding hydrogens is 497 g/mol. The quantitative estimate of drug-likeness (QED) is 0.237. The number of nitrogens with one attached hydrogen (secondary N) is 2. The molecule has 3 rings (SSSR count). The monoisotopic (exact) mass is 531 g/mol. The average Bonchev–Trinajstić information content (AvgIpc) is 3.13. The fraction of sp³-hybridized carbons (Fsp3) is 0.619. The SMILES string of the molecule is CN=C(NCCCc1nc2ccccc2s1)NCC(C(C)C)N1CCOCC1.I. The Morgan fingerprint density at radius 1 is 1.24 bits per heavy atom. The van der Waals surface area contributed by atoms with Gasteiger partial charge in [-0.25, -0.2) is 4.98 Å². The molecule has 0 bridgehead atoms. The summed E-state index contributed by atoms with van der Waals surface area (Å²) in [4.78, 5) is 11.6. The van der Waals surface area contributed by atoms with Crippen molar-refractivity contribution in [1.82, 2.24) is 20.5 Å². The van der Waals surface area contributed by atoms with E-state index in [1.807, 2.05) is 13.1 Å². The van der Waals surface area contributed by atoms with E-state index in [1.54, 1.807) is 11.3 Å². The van der Waals surface area contributed by atoms with Crippen molar-refractivity contribution >= 4 is 51.5 Å². The largest absolute Gasteiger partial charge is 0.379 e. The van der Waals surface area contributed by atoms with Crippen LogP contribution in [-0.2, 0) is 11.2 Å². The van der Waals surface area contributed by atoms with Gasteiger partial charge in [-0.3, -0.25) is 9.89 Å². The zero-order valence-corrected chi connectivity index (χ0v) is 20.8. The van der Waals surface area contributed by atoms with Gasteiger partial charge >= 0.3 is 0 Å². The summed E-state index contributed by atoms with van der Waals surface area (Å²) in [5, 5.41) is 8.16. The number of para-hydroxylation sites is 1. The standard InChI is InChI=1S/C21H33N5OS.HI/c1-16(2)18(26-11-13-27-14-12-26)15-24-21(22-3)23-10-6-9-20-25-17-7-4-5-8-19(17)28-20;/h4-5,7-8,16,18H,6,9-15H2,1-3H3,(H2,22,23,24);1H. The lowest BCUT2D eigenvalue weighted by molar-refractivity contribution is 0.00752. The smallest absolute Gasteiger partial charge is 0.191 e. The van der Waals surface area contributed by atoms with Gasteiger partial charge in [-0.05, 0) is 24.5 Å². The average molecular weight is 532 g/mol. The molecule has 1 aromatic carbocycles. The van der Waals surface area contributed by atoms with Gasteiger partial charge in [0.15, 0.2) is 5.96 Å². The second-order valence-electron chi connectivity index (χ2n) is 7.52. The summed E-state index contributed by atoms with van der Waals surface area (Å²) in [6, 6.07) is 8.83. The first-order valence-corrected chi connectivity index (χ1v) is 11.1. The second kappa shape index (κ2) is 12.7.